The molecule has 1 rings (SSSR count). The molecule has 1 aliphatic carbocycles. The van der Waals surface area contributed by atoms with Gasteiger partial charge in [0.1, 0.15) is 0 Å². The molecule has 4 heteroatoms. The fourth-order valence-corrected chi connectivity index (χ4v) is 1.52. The molecule has 1 fully saturated rings. The zero-order chi connectivity index (χ0) is 11.3. The van der Waals surface area contributed by atoms with Crippen molar-refractivity contribution >= 4 is 5.96 Å². The molecule has 3 N–H and O–H groups in total. The quantitative estimate of drug-likeness (QED) is 0.406. The van der Waals surface area contributed by atoms with Crippen LogP contribution in [0.1, 0.15) is 26.2 Å². The lowest BCUT2D eigenvalue weighted by Gasteiger charge is -2.39. The van der Waals surface area contributed by atoms with Crippen molar-refractivity contribution in [3.63, 3.8) is 0 Å². The van der Waals surface area contributed by atoms with Crippen LogP contribution in [0.2, 0.25) is 0 Å². The normalized spacial score (nSPS) is 19.5. The topological polar surface area (TPSA) is 59.6 Å². The Morgan fingerprint density at radius 2 is 2.27 bits per heavy atom. The summed E-state index contributed by atoms with van der Waals surface area (Å²) in [7, 11) is 1.74. The van der Waals surface area contributed by atoms with E-state index < -0.39 is 0 Å². The van der Waals surface area contributed by atoms with Crippen molar-refractivity contribution in [1.29, 1.82) is 0 Å². The van der Waals surface area contributed by atoms with Gasteiger partial charge in [0.05, 0.1) is 12.1 Å². The lowest BCUT2D eigenvalue weighted by Crippen LogP contribution is -2.43. The monoisotopic (exact) mass is 211 g/mol. The van der Waals surface area contributed by atoms with Crippen LogP contribution in [0, 0.1) is 0 Å². The summed E-state index contributed by atoms with van der Waals surface area (Å²) in [4.78, 5) is 4.28. The molecule has 0 unspecified atom stereocenters. The summed E-state index contributed by atoms with van der Waals surface area (Å²) in [5, 5.41) is 3.00. The van der Waals surface area contributed by atoms with Crippen molar-refractivity contribution < 1.29 is 4.74 Å². The number of aliphatic imine (C=N–C) groups is 1. The van der Waals surface area contributed by atoms with E-state index in [0.29, 0.717) is 19.0 Å². The van der Waals surface area contributed by atoms with Gasteiger partial charge in [-0.25, -0.2) is 0 Å². The van der Waals surface area contributed by atoms with Crippen molar-refractivity contribution in [1.82, 2.24) is 5.32 Å². The van der Waals surface area contributed by atoms with Crippen LogP contribution < -0.4 is 11.1 Å². The molecule has 0 bridgehead atoms. The number of nitrogens with zero attached hydrogens (tertiary/aromatic N) is 1. The van der Waals surface area contributed by atoms with Crippen LogP contribution in [-0.4, -0.2) is 31.8 Å². The number of nitrogens with one attached hydrogen (secondary N) is 1. The molecule has 0 aliphatic heterocycles. The van der Waals surface area contributed by atoms with E-state index in [9.17, 15) is 0 Å². The number of rotatable bonds is 5. The molecular weight excluding hydrogens is 190 g/mol. The number of hydrogen-bond acceptors (Lipinski definition) is 2. The Hall–Kier alpha value is -1.03. The van der Waals surface area contributed by atoms with E-state index in [1.807, 2.05) is 6.92 Å². The van der Waals surface area contributed by atoms with Crippen LogP contribution >= 0.6 is 0 Å². The first-order chi connectivity index (χ1) is 7.08. The molecular formula is C11H21N3O. The first-order valence-electron chi connectivity index (χ1n) is 5.31. The fraction of sp³-hybridized carbons (Fsp3) is 0.727. The van der Waals surface area contributed by atoms with Crippen molar-refractivity contribution in [3.8, 4) is 0 Å². The Balaban J connectivity index is 2.32. The zero-order valence-electron chi connectivity index (χ0n) is 9.68. The number of ether oxygens (including phenoxy) is 1. The summed E-state index contributed by atoms with van der Waals surface area (Å²) in [6.07, 6.45) is 3.39. The molecule has 1 saturated carbocycles. The molecule has 86 valence electrons. The van der Waals surface area contributed by atoms with Gasteiger partial charge in [-0.15, -0.1) is 0 Å². The summed E-state index contributed by atoms with van der Waals surface area (Å²) >= 11 is 0. The smallest absolute Gasteiger partial charge is 0.188 e. The Bertz CT molecular complexity index is 251. The second-order valence-electron chi connectivity index (χ2n) is 4.25. The van der Waals surface area contributed by atoms with E-state index in [4.69, 9.17) is 10.5 Å². The summed E-state index contributed by atoms with van der Waals surface area (Å²) in [5.74, 6) is 0.473. The molecule has 0 aromatic rings. The van der Waals surface area contributed by atoms with E-state index in [0.717, 1.165) is 18.4 Å². The Morgan fingerprint density at radius 1 is 1.60 bits per heavy atom. The first kappa shape index (κ1) is 12.0. The Kier molecular flexibility index (Phi) is 4.15. The van der Waals surface area contributed by atoms with Gasteiger partial charge in [0.15, 0.2) is 5.96 Å². The second-order valence-corrected chi connectivity index (χ2v) is 4.25. The minimum atomic E-state index is -0.0461. The molecule has 0 aromatic carbocycles. The van der Waals surface area contributed by atoms with Gasteiger partial charge in [0, 0.05) is 13.7 Å². The summed E-state index contributed by atoms with van der Waals surface area (Å²) in [6.45, 7) is 7.06. The number of guanidine groups is 1. The molecule has 1 aliphatic rings. The summed E-state index contributed by atoms with van der Waals surface area (Å²) < 4.78 is 5.44. The first-order valence-corrected chi connectivity index (χ1v) is 5.31. The van der Waals surface area contributed by atoms with Gasteiger partial charge in [-0.1, -0.05) is 12.2 Å². The van der Waals surface area contributed by atoms with Gasteiger partial charge < -0.3 is 15.8 Å². The molecule has 0 radical (unpaired) electrons. The minimum absolute atomic E-state index is 0.0461. The summed E-state index contributed by atoms with van der Waals surface area (Å²) in [5.41, 5.74) is 6.70. The van der Waals surface area contributed by atoms with Crippen LogP contribution in [-0.2, 0) is 4.74 Å². The highest BCUT2D eigenvalue weighted by atomic mass is 16.5. The van der Waals surface area contributed by atoms with Crippen LogP contribution in [0.4, 0.5) is 0 Å². The zero-order valence-corrected chi connectivity index (χ0v) is 9.68. The third kappa shape index (κ3) is 3.55. The lowest BCUT2D eigenvalue weighted by molar-refractivity contribution is -0.0630. The molecule has 0 atom stereocenters. The maximum atomic E-state index is 5.70. The maximum Gasteiger partial charge on any atom is 0.188 e. The third-order valence-electron chi connectivity index (χ3n) is 2.81. The summed E-state index contributed by atoms with van der Waals surface area (Å²) in [6, 6.07) is 0. The van der Waals surface area contributed by atoms with E-state index in [1.165, 1.54) is 6.42 Å². The lowest BCUT2D eigenvalue weighted by atomic mass is 9.80. The average Bonchev–Trinajstić information content (AvgIpc) is 2.14. The standard InChI is InChI=1S/C11H21N3O/c1-9(2)7-13-10(12)14-8-11(15-3)5-4-6-11/h1,4-8H2,2-3H3,(H3,12,13,14). The molecule has 0 aromatic heterocycles. The second kappa shape index (κ2) is 5.16. The van der Waals surface area contributed by atoms with E-state index in [1.54, 1.807) is 7.11 Å². The molecule has 0 saturated heterocycles. The van der Waals surface area contributed by atoms with Gasteiger partial charge in [-0.2, -0.15) is 0 Å². The van der Waals surface area contributed by atoms with Gasteiger partial charge >= 0.3 is 0 Å². The van der Waals surface area contributed by atoms with Crippen molar-refractivity contribution in [2.45, 2.75) is 31.8 Å². The fourth-order valence-electron chi connectivity index (χ4n) is 1.52. The molecule has 0 heterocycles. The SMILES string of the molecule is C=C(C)CNC(N)=NCC1(OC)CCC1. The number of hydrogen-bond donors (Lipinski definition) is 2. The minimum Gasteiger partial charge on any atom is -0.376 e. The van der Waals surface area contributed by atoms with E-state index in [-0.39, 0.29) is 5.60 Å². The van der Waals surface area contributed by atoms with Crippen LogP contribution in [0.5, 0.6) is 0 Å². The highest BCUT2D eigenvalue weighted by molar-refractivity contribution is 5.78. The molecule has 0 spiro atoms. The van der Waals surface area contributed by atoms with E-state index in [2.05, 4.69) is 16.9 Å². The largest absolute Gasteiger partial charge is 0.376 e. The highest BCUT2D eigenvalue weighted by Gasteiger charge is 2.36. The van der Waals surface area contributed by atoms with Crippen molar-refractivity contribution in [2.24, 2.45) is 10.7 Å². The average molecular weight is 211 g/mol. The Morgan fingerprint density at radius 3 is 2.67 bits per heavy atom. The Labute approximate surface area is 91.6 Å². The van der Waals surface area contributed by atoms with Crippen LogP contribution in [0.25, 0.3) is 0 Å². The predicted octanol–water partition coefficient (Wildman–Crippen LogP) is 1.04. The molecule has 15 heavy (non-hydrogen) atoms. The van der Waals surface area contributed by atoms with Gasteiger partial charge in [0.25, 0.3) is 0 Å². The predicted molar refractivity (Wildman–Crippen MR) is 62.9 cm³/mol. The number of nitrogens with two attached hydrogens (primary N) is 1. The molecule has 0 amide bonds. The van der Waals surface area contributed by atoms with E-state index >= 15 is 0 Å². The van der Waals surface area contributed by atoms with Crippen LogP contribution in [0.15, 0.2) is 17.1 Å². The maximum absolute atomic E-state index is 5.70. The highest BCUT2D eigenvalue weighted by Crippen LogP contribution is 2.35. The number of methoxy groups -OCH3 is 1. The molecule has 4 nitrogen and oxygen atoms in total. The van der Waals surface area contributed by atoms with Gasteiger partial charge in [-0.05, 0) is 26.2 Å². The van der Waals surface area contributed by atoms with Crippen LogP contribution in [0.3, 0.4) is 0 Å². The van der Waals surface area contributed by atoms with Crippen molar-refractivity contribution in [2.75, 3.05) is 20.2 Å². The van der Waals surface area contributed by atoms with Gasteiger partial charge in [-0.3, -0.25) is 4.99 Å². The van der Waals surface area contributed by atoms with Crippen molar-refractivity contribution in [3.05, 3.63) is 12.2 Å². The third-order valence-corrected chi connectivity index (χ3v) is 2.81. The van der Waals surface area contributed by atoms with Gasteiger partial charge in [0.2, 0.25) is 0 Å².